The molecule has 0 N–H and O–H groups in total. The maximum absolute atomic E-state index is 2.42. The lowest BCUT2D eigenvalue weighted by atomic mass is 9.84. The van der Waals surface area contributed by atoms with E-state index < -0.39 is 0 Å². The zero-order chi connectivity index (χ0) is 30.4. The summed E-state index contributed by atoms with van der Waals surface area (Å²) in [6, 6.07) is 46.1. The smallest absolute Gasteiger partial charge is 0.00201 e. The molecule has 0 aromatic heterocycles. The zero-order valence-corrected chi connectivity index (χ0v) is 26.5. The van der Waals surface area contributed by atoms with Crippen LogP contribution in [0.5, 0.6) is 0 Å². The van der Waals surface area contributed by atoms with Crippen LogP contribution < -0.4 is 0 Å². The van der Waals surface area contributed by atoms with Gasteiger partial charge in [0.1, 0.15) is 0 Å². The minimum absolute atomic E-state index is 0.123. The van der Waals surface area contributed by atoms with Crippen LogP contribution in [-0.2, 0) is 10.8 Å². The van der Waals surface area contributed by atoms with Crippen LogP contribution in [0.2, 0.25) is 0 Å². The van der Waals surface area contributed by atoms with Gasteiger partial charge in [0.05, 0.1) is 0 Å². The SMILES string of the molecule is CC(C)(C)c1ccc2c(-c3ccc4c(c3)-c3cccc5c(-c6cccc7cc(C(C)(C)C)ccc67)ccc-4c35)cccc2c1. The molecule has 0 aliphatic heterocycles. The molecule has 0 saturated heterocycles. The van der Waals surface area contributed by atoms with Crippen LogP contribution >= 0.6 is 0 Å². The van der Waals surface area contributed by atoms with Crippen molar-refractivity contribution in [3.8, 4) is 44.5 Å². The summed E-state index contributed by atoms with van der Waals surface area (Å²) in [6.45, 7) is 13.7. The predicted molar refractivity (Wildman–Crippen MR) is 192 cm³/mol. The Labute approximate surface area is 261 Å². The van der Waals surface area contributed by atoms with Crippen molar-refractivity contribution in [2.45, 2.75) is 52.4 Å². The minimum atomic E-state index is 0.123. The maximum atomic E-state index is 2.42. The van der Waals surface area contributed by atoms with Gasteiger partial charge in [0.2, 0.25) is 0 Å². The first-order chi connectivity index (χ1) is 21.1. The predicted octanol–water partition coefficient (Wildman–Crippen LogP) is 12.7. The molecule has 1 aliphatic rings. The molecule has 0 bridgehead atoms. The van der Waals surface area contributed by atoms with Crippen molar-refractivity contribution in [1.29, 1.82) is 0 Å². The second-order valence-electron chi connectivity index (χ2n) is 14.6. The van der Waals surface area contributed by atoms with Crippen molar-refractivity contribution in [3.05, 3.63) is 132 Å². The Morgan fingerprint density at radius 3 is 1.50 bits per heavy atom. The van der Waals surface area contributed by atoms with E-state index in [1.165, 1.54) is 88.0 Å². The molecule has 214 valence electrons. The van der Waals surface area contributed by atoms with E-state index >= 15 is 0 Å². The van der Waals surface area contributed by atoms with Crippen molar-refractivity contribution < 1.29 is 0 Å². The summed E-state index contributed by atoms with van der Waals surface area (Å²) in [4.78, 5) is 0. The lowest BCUT2D eigenvalue weighted by Crippen LogP contribution is -2.10. The first-order valence-electron chi connectivity index (χ1n) is 15.9. The van der Waals surface area contributed by atoms with E-state index in [2.05, 4.69) is 163 Å². The molecule has 8 rings (SSSR count). The lowest BCUT2D eigenvalue weighted by molar-refractivity contribution is 0.591. The Balaban J connectivity index is 1.28. The molecule has 7 aromatic rings. The van der Waals surface area contributed by atoms with Crippen LogP contribution in [0.15, 0.2) is 121 Å². The topological polar surface area (TPSA) is 0 Å². The van der Waals surface area contributed by atoms with E-state index in [-0.39, 0.29) is 10.8 Å². The van der Waals surface area contributed by atoms with Crippen LogP contribution in [0.4, 0.5) is 0 Å². The third kappa shape index (κ3) is 4.12. The summed E-state index contributed by atoms with van der Waals surface area (Å²) in [7, 11) is 0. The minimum Gasteiger partial charge on any atom is -0.0610 e. The quantitative estimate of drug-likeness (QED) is 0.195. The molecule has 0 nitrogen and oxygen atoms in total. The second kappa shape index (κ2) is 9.41. The summed E-state index contributed by atoms with van der Waals surface area (Å²) in [5, 5.41) is 7.91. The fourth-order valence-electron chi connectivity index (χ4n) is 7.25. The highest BCUT2D eigenvalue weighted by molar-refractivity contribution is 6.20. The first-order valence-corrected chi connectivity index (χ1v) is 15.9. The van der Waals surface area contributed by atoms with Gasteiger partial charge in [-0.3, -0.25) is 0 Å². The van der Waals surface area contributed by atoms with Gasteiger partial charge < -0.3 is 0 Å². The van der Waals surface area contributed by atoms with Crippen molar-refractivity contribution in [2.75, 3.05) is 0 Å². The first kappa shape index (κ1) is 26.9. The Hall–Kier alpha value is -4.68. The molecule has 1 aliphatic carbocycles. The van der Waals surface area contributed by atoms with Gasteiger partial charge in [0.15, 0.2) is 0 Å². The fourth-order valence-corrected chi connectivity index (χ4v) is 7.25. The van der Waals surface area contributed by atoms with E-state index in [0.29, 0.717) is 0 Å². The molecular weight excluding hydrogens is 528 g/mol. The van der Waals surface area contributed by atoms with Crippen molar-refractivity contribution in [3.63, 3.8) is 0 Å². The molecule has 0 atom stereocenters. The Kier molecular flexibility index (Phi) is 5.75. The number of hydrogen-bond donors (Lipinski definition) is 0. The van der Waals surface area contributed by atoms with Crippen LogP contribution in [0.25, 0.3) is 76.8 Å². The van der Waals surface area contributed by atoms with Crippen molar-refractivity contribution in [1.82, 2.24) is 0 Å². The summed E-state index contributed by atoms with van der Waals surface area (Å²) in [6.07, 6.45) is 0. The van der Waals surface area contributed by atoms with Crippen LogP contribution in [0.3, 0.4) is 0 Å². The molecule has 0 saturated carbocycles. The highest BCUT2D eigenvalue weighted by atomic mass is 14.3. The number of rotatable bonds is 2. The fraction of sp³-hybridized carbons (Fsp3) is 0.182. The molecule has 0 heteroatoms. The van der Waals surface area contributed by atoms with E-state index in [1.54, 1.807) is 0 Å². The highest BCUT2D eigenvalue weighted by Gasteiger charge is 2.24. The Bertz CT molecular complexity index is 2280. The van der Waals surface area contributed by atoms with E-state index in [9.17, 15) is 0 Å². The maximum Gasteiger partial charge on any atom is -0.00201 e. The Morgan fingerprint density at radius 2 is 0.841 bits per heavy atom. The summed E-state index contributed by atoms with van der Waals surface area (Å²) in [5.74, 6) is 0. The molecule has 0 radical (unpaired) electrons. The molecule has 7 aromatic carbocycles. The second-order valence-corrected chi connectivity index (χ2v) is 14.6. The number of benzene rings is 7. The molecule has 0 unspecified atom stereocenters. The lowest BCUT2D eigenvalue weighted by Gasteiger charge is -2.20. The average molecular weight is 567 g/mol. The largest absolute Gasteiger partial charge is 0.0610 e. The van der Waals surface area contributed by atoms with Gasteiger partial charge in [-0.1, -0.05) is 157 Å². The molecular formula is C44H38. The summed E-state index contributed by atoms with van der Waals surface area (Å²) >= 11 is 0. The average Bonchev–Trinajstić information content (AvgIpc) is 3.33. The summed E-state index contributed by atoms with van der Waals surface area (Å²) < 4.78 is 0. The molecule has 0 fully saturated rings. The molecule has 0 heterocycles. The highest BCUT2D eigenvalue weighted by Crippen LogP contribution is 2.51. The van der Waals surface area contributed by atoms with Gasteiger partial charge in [-0.2, -0.15) is 0 Å². The van der Waals surface area contributed by atoms with Gasteiger partial charge >= 0.3 is 0 Å². The van der Waals surface area contributed by atoms with E-state index in [4.69, 9.17) is 0 Å². The monoisotopic (exact) mass is 566 g/mol. The van der Waals surface area contributed by atoms with Gasteiger partial charge in [0.25, 0.3) is 0 Å². The third-order valence-electron chi connectivity index (χ3n) is 9.73. The van der Waals surface area contributed by atoms with E-state index in [1.807, 2.05) is 0 Å². The molecule has 44 heavy (non-hydrogen) atoms. The zero-order valence-electron chi connectivity index (χ0n) is 26.5. The van der Waals surface area contributed by atoms with Gasteiger partial charge in [0, 0.05) is 0 Å². The molecule has 0 spiro atoms. The van der Waals surface area contributed by atoms with Crippen molar-refractivity contribution >= 4 is 32.3 Å². The van der Waals surface area contributed by atoms with E-state index in [0.717, 1.165) is 0 Å². The van der Waals surface area contributed by atoms with Crippen LogP contribution in [0.1, 0.15) is 52.7 Å². The number of hydrogen-bond acceptors (Lipinski definition) is 0. The molecule has 0 amide bonds. The van der Waals surface area contributed by atoms with Crippen LogP contribution in [-0.4, -0.2) is 0 Å². The Morgan fingerprint density at radius 1 is 0.341 bits per heavy atom. The van der Waals surface area contributed by atoms with Gasteiger partial charge in [-0.25, -0.2) is 0 Å². The van der Waals surface area contributed by atoms with Gasteiger partial charge in [-0.05, 0) is 105 Å². The number of fused-ring (bicyclic) bond motifs is 5. The standard InChI is InChI=1S/C44H38/c1-43(2,3)30-17-20-33-27(24-30)10-7-12-32(33)29-16-19-37-40-23-22-36(38-14-9-15-39(42(38)40)41(37)26-29)35-13-8-11-28-25-31(44(4,5)6)18-21-34(28)35/h7-26H,1-6H3. The van der Waals surface area contributed by atoms with Gasteiger partial charge in [-0.15, -0.1) is 0 Å². The normalized spacial score (nSPS) is 12.8. The summed E-state index contributed by atoms with van der Waals surface area (Å²) in [5.41, 5.74) is 13.5. The third-order valence-corrected chi connectivity index (χ3v) is 9.73. The van der Waals surface area contributed by atoms with Crippen LogP contribution in [0, 0.1) is 0 Å². The van der Waals surface area contributed by atoms with Crippen molar-refractivity contribution in [2.24, 2.45) is 0 Å².